The normalized spacial score (nSPS) is 12.2. The molecule has 1 heterocycles. The number of nitrogens with one attached hydrogen (secondary N) is 1. The van der Waals surface area contributed by atoms with E-state index in [0.717, 1.165) is 12.3 Å². The fourth-order valence-corrected chi connectivity index (χ4v) is 1.59. The lowest BCUT2D eigenvalue weighted by Crippen LogP contribution is -2.31. The first kappa shape index (κ1) is 15.8. The van der Waals surface area contributed by atoms with Crippen molar-refractivity contribution in [1.82, 2.24) is 4.98 Å². The minimum Gasteiger partial charge on any atom is -0.478 e. The third-order valence-electron chi connectivity index (χ3n) is 2.79. The first-order chi connectivity index (χ1) is 9.36. The maximum atomic E-state index is 11.2. The molecular weight excluding hydrogens is 266 g/mol. The Morgan fingerprint density at radius 3 is 2.70 bits per heavy atom. The summed E-state index contributed by atoms with van der Waals surface area (Å²) in [4.78, 5) is 25.0. The van der Waals surface area contributed by atoms with Crippen LogP contribution in [0, 0.1) is 16.0 Å². The maximum absolute atomic E-state index is 11.2. The summed E-state index contributed by atoms with van der Waals surface area (Å²) >= 11 is 0. The first-order valence-electron chi connectivity index (χ1n) is 6.00. The molecule has 0 saturated carbocycles. The number of methoxy groups -OCH3 is 1. The summed E-state index contributed by atoms with van der Waals surface area (Å²) in [5.41, 5.74) is -0.596. The van der Waals surface area contributed by atoms with E-state index < -0.39 is 10.9 Å². The lowest BCUT2D eigenvalue weighted by molar-refractivity contribution is -0.385. The lowest BCUT2D eigenvalue weighted by Gasteiger charge is -2.22. The van der Waals surface area contributed by atoms with Gasteiger partial charge in [0.2, 0.25) is 0 Å². The Balaban J connectivity index is 3.10. The van der Waals surface area contributed by atoms with Crippen LogP contribution in [-0.4, -0.2) is 40.7 Å². The number of carboxylic acids is 1. The van der Waals surface area contributed by atoms with Crippen molar-refractivity contribution in [1.29, 1.82) is 0 Å². The molecule has 0 amide bonds. The van der Waals surface area contributed by atoms with Crippen molar-refractivity contribution in [2.75, 3.05) is 19.0 Å². The molecule has 2 N–H and O–H groups in total. The van der Waals surface area contributed by atoms with E-state index in [2.05, 4.69) is 10.3 Å². The molecule has 8 nitrogen and oxygen atoms in total. The minimum absolute atomic E-state index is 0.0962. The fraction of sp³-hybridized carbons (Fsp3) is 0.500. The maximum Gasteiger partial charge on any atom is 0.339 e. The van der Waals surface area contributed by atoms with Crippen molar-refractivity contribution in [3.63, 3.8) is 0 Å². The Bertz CT molecular complexity index is 504. The predicted octanol–water partition coefficient (Wildman–Crippen LogP) is 1.77. The number of rotatable bonds is 7. The second-order valence-corrected chi connectivity index (χ2v) is 4.60. The zero-order valence-corrected chi connectivity index (χ0v) is 11.5. The van der Waals surface area contributed by atoms with Gasteiger partial charge >= 0.3 is 5.97 Å². The Labute approximate surface area is 115 Å². The Morgan fingerprint density at radius 1 is 1.60 bits per heavy atom. The second kappa shape index (κ2) is 6.80. The fourth-order valence-electron chi connectivity index (χ4n) is 1.59. The molecule has 0 aliphatic rings. The van der Waals surface area contributed by atoms with Gasteiger partial charge in [-0.2, -0.15) is 0 Å². The topological polar surface area (TPSA) is 115 Å². The summed E-state index contributed by atoms with van der Waals surface area (Å²) in [6.45, 7) is 4.26. The molecule has 1 unspecified atom stereocenters. The summed E-state index contributed by atoms with van der Waals surface area (Å²) in [6, 6.07) is 0.842. The van der Waals surface area contributed by atoms with Crippen LogP contribution in [0.15, 0.2) is 12.3 Å². The molecule has 0 saturated heterocycles. The van der Waals surface area contributed by atoms with Gasteiger partial charge in [-0.1, -0.05) is 13.8 Å². The van der Waals surface area contributed by atoms with Crippen LogP contribution >= 0.6 is 0 Å². The molecule has 0 spiro atoms. The van der Waals surface area contributed by atoms with Crippen molar-refractivity contribution in [2.24, 2.45) is 5.92 Å². The van der Waals surface area contributed by atoms with Crippen LogP contribution < -0.4 is 5.32 Å². The van der Waals surface area contributed by atoms with Gasteiger partial charge in [-0.05, 0) is 5.92 Å². The number of aromatic carboxylic acids is 1. The molecule has 1 rings (SSSR count). The zero-order chi connectivity index (χ0) is 15.3. The molecule has 1 aromatic heterocycles. The largest absolute Gasteiger partial charge is 0.478 e. The number of carbonyl (C=O) groups is 1. The Hall–Kier alpha value is -2.22. The molecule has 0 bridgehead atoms. The van der Waals surface area contributed by atoms with Gasteiger partial charge in [0.05, 0.1) is 17.6 Å². The van der Waals surface area contributed by atoms with Gasteiger partial charge in [-0.3, -0.25) is 10.1 Å². The number of carboxylic acid groups (broad SMARTS) is 1. The molecule has 0 aliphatic carbocycles. The molecule has 0 aliphatic heterocycles. The summed E-state index contributed by atoms with van der Waals surface area (Å²) in [5, 5.41) is 22.7. The standard InChI is InChI=1S/C12H17N3O5/c1-7(2)10(6-20-3)14-11-9(12(16)17)4-8(5-13-11)15(18)19/h4-5,7,10H,6H2,1-3H3,(H,13,14)(H,16,17). The third-order valence-corrected chi connectivity index (χ3v) is 2.79. The van der Waals surface area contributed by atoms with Gasteiger partial charge in [0.15, 0.2) is 0 Å². The van der Waals surface area contributed by atoms with Gasteiger partial charge in [0.25, 0.3) is 5.69 Å². The van der Waals surface area contributed by atoms with Gasteiger partial charge in [0.1, 0.15) is 17.6 Å². The SMILES string of the molecule is COCC(Nc1ncc([N+](=O)[O-])cc1C(=O)O)C(C)C. The minimum atomic E-state index is -1.27. The van der Waals surface area contributed by atoms with E-state index in [0.29, 0.717) is 6.61 Å². The predicted molar refractivity (Wildman–Crippen MR) is 72.0 cm³/mol. The average molecular weight is 283 g/mol. The van der Waals surface area contributed by atoms with Crippen LogP contribution in [0.2, 0.25) is 0 Å². The van der Waals surface area contributed by atoms with Crippen molar-refractivity contribution < 1.29 is 19.6 Å². The number of aromatic nitrogens is 1. The molecule has 0 aromatic carbocycles. The number of ether oxygens (including phenoxy) is 1. The highest BCUT2D eigenvalue weighted by molar-refractivity contribution is 5.93. The van der Waals surface area contributed by atoms with Crippen LogP contribution in [-0.2, 0) is 4.74 Å². The van der Waals surface area contributed by atoms with Crippen molar-refractivity contribution >= 4 is 17.5 Å². The molecule has 1 atom stereocenters. The number of hydrogen-bond donors (Lipinski definition) is 2. The van der Waals surface area contributed by atoms with Crippen LogP contribution in [0.5, 0.6) is 0 Å². The molecule has 1 aromatic rings. The zero-order valence-electron chi connectivity index (χ0n) is 11.5. The number of pyridine rings is 1. The van der Waals surface area contributed by atoms with E-state index in [1.165, 1.54) is 0 Å². The van der Waals surface area contributed by atoms with E-state index in [1.807, 2.05) is 13.8 Å². The highest BCUT2D eigenvalue weighted by Gasteiger charge is 2.21. The molecule has 8 heteroatoms. The summed E-state index contributed by atoms with van der Waals surface area (Å²) in [7, 11) is 1.54. The quantitative estimate of drug-likeness (QED) is 0.578. The highest BCUT2D eigenvalue weighted by atomic mass is 16.6. The average Bonchev–Trinajstić information content (AvgIpc) is 2.37. The highest BCUT2D eigenvalue weighted by Crippen LogP contribution is 2.21. The Kier molecular flexibility index (Phi) is 5.39. The van der Waals surface area contributed by atoms with Crippen molar-refractivity contribution in [2.45, 2.75) is 19.9 Å². The van der Waals surface area contributed by atoms with E-state index in [9.17, 15) is 14.9 Å². The smallest absolute Gasteiger partial charge is 0.339 e. The molecule has 20 heavy (non-hydrogen) atoms. The van der Waals surface area contributed by atoms with Crippen LogP contribution in [0.3, 0.4) is 0 Å². The van der Waals surface area contributed by atoms with Crippen molar-refractivity contribution in [3.05, 3.63) is 27.9 Å². The number of anilines is 1. The lowest BCUT2D eigenvalue weighted by atomic mass is 10.1. The van der Waals surface area contributed by atoms with Gasteiger partial charge in [-0.15, -0.1) is 0 Å². The van der Waals surface area contributed by atoms with Gasteiger partial charge in [-0.25, -0.2) is 9.78 Å². The molecule has 110 valence electrons. The van der Waals surface area contributed by atoms with E-state index in [4.69, 9.17) is 9.84 Å². The first-order valence-corrected chi connectivity index (χ1v) is 6.00. The monoisotopic (exact) mass is 283 g/mol. The van der Waals surface area contributed by atoms with Crippen LogP contribution in [0.1, 0.15) is 24.2 Å². The van der Waals surface area contributed by atoms with E-state index in [1.54, 1.807) is 7.11 Å². The Morgan fingerprint density at radius 2 is 2.25 bits per heavy atom. The van der Waals surface area contributed by atoms with Crippen LogP contribution in [0.4, 0.5) is 11.5 Å². The molecule has 0 radical (unpaired) electrons. The summed E-state index contributed by atoms with van der Waals surface area (Å²) in [6.07, 6.45) is 1.03. The number of nitro groups is 1. The molecule has 0 fully saturated rings. The molecular formula is C12H17N3O5. The third kappa shape index (κ3) is 3.89. The number of nitrogens with zero attached hydrogens (tertiary/aromatic N) is 2. The van der Waals surface area contributed by atoms with E-state index in [-0.39, 0.29) is 29.0 Å². The number of hydrogen-bond acceptors (Lipinski definition) is 6. The second-order valence-electron chi connectivity index (χ2n) is 4.60. The summed E-state index contributed by atoms with van der Waals surface area (Å²) < 4.78 is 5.05. The van der Waals surface area contributed by atoms with E-state index >= 15 is 0 Å². The summed E-state index contributed by atoms with van der Waals surface area (Å²) in [5.74, 6) is -1.00. The van der Waals surface area contributed by atoms with Gasteiger partial charge < -0.3 is 15.2 Å². The van der Waals surface area contributed by atoms with Crippen molar-refractivity contribution in [3.8, 4) is 0 Å². The van der Waals surface area contributed by atoms with Crippen LogP contribution in [0.25, 0.3) is 0 Å². The van der Waals surface area contributed by atoms with Gasteiger partial charge in [0, 0.05) is 13.2 Å².